The maximum atomic E-state index is 13.9. The molecule has 200 valence electrons. The molecular formula is C29H24F4N4O2. The monoisotopic (exact) mass is 536 g/mol. The van der Waals surface area contributed by atoms with Crippen molar-refractivity contribution < 1.29 is 27.1 Å². The van der Waals surface area contributed by atoms with Gasteiger partial charge in [0.25, 0.3) is 5.91 Å². The molecule has 3 aromatic carbocycles. The van der Waals surface area contributed by atoms with E-state index in [0.717, 1.165) is 17.8 Å². The Morgan fingerprint density at radius 1 is 1.03 bits per heavy atom. The van der Waals surface area contributed by atoms with E-state index in [9.17, 15) is 22.4 Å². The molecule has 0 saturated heterocycles. The van der Waals surface area contributed by atoms with Crippen molar-refractivity contribution in [2.75, 3.05) is 6.61 Å². The van der Waals surface area contributed by atoms with Crippen LogP contribution in [0.25, 0.3) is 5.69 Å². The number of alkyl halides is 3. The van der Waals surface area contributed by atoms with Crippen LogP contribution in [-0.2, 0) is 10.9 Å². The first-order valence-electron chi connectivity index (χ1n) is 12.3. The number of aryl methyl sites for hydroxylation is 1. The zero-order valence-electron chi connectivity index (χ0n) is 21.0. The number of amides is 1. The predicted octanol–water partition coefficient (Wildman–Crippen LogP) is 6.35. The molecule has 2 atom stereocenters. The van der Waals surface area contributed by atoms with Crippen LogP contribution < -0.4 is 5.32 Å². The largest absolute Gasteiger partial charge is 0.479 e. The summed E-state index contributed by atoms with van der Waals surface area (Å²) in [6, 6.07) is 18.5. The van der Waals surface area contributed by atoms with Crippen LogP contribution >= 0.6 is 0 Å². The topological polar surface area (TPSA) is 68.5 Å². The second kappa shape index (κ2) is 10.4. The molecule has 2 heterocycles. The molecule has 0 radical (unpaired) electrons. The van der Waals surface area contributed by atoms with Crippen LogP contribution in [0.15, 0.2) is 83.9 Å². The lowest BCUT2D eigenvalue weighted by Gasteiger charge is -2.32. The van der Waals surface area contributed by atoms with E-state index in [1.54, 1.807) is 23.7 Å². The smallest absolute Gasteiger partial charge is 0.416 e. The number of ether oxygens (including phenoxy) is 1. The summed E-state index contributed by atoms with van der Waals surface area (Å²) < 4.78 is 61.4. The van der Waals surface area contributed by atoms with Crippen LogP contribution in [-0.4, -0.2) is 34.2 Å². The number of hydrogen-bond donors (Lipinski definition) is 1. The van der Waals surface area contributed by atoms with Gasteiger partial charge in [0, 0.05) is 17.0 Å². The Balaban J connectivity index is 1.64. The zero-order chi connectivity index (χ0) is 27.7. The Morgan fingerprint density at radius 3 is 2.41 bits per heavy atom. The van der Waals surface area contributed by atoms with Gasteiger partial charge < -0.3 is 10.1 Å². The van der Waals surface area contributed by atoms with E-state index in [2.05, 4.69) is 5.32 Å². The minimum Gasteiger partial charge on any atom is -0.479 e. The lowest BCUT2D eigenvalue weighted by molar-refractivity contribution is -0.137. The molecule has 1 aliphatic rings. The van der Waals surface area contributed by atoms with Crippen molar-refractivity contribution in [2.45, 2.75) is 32.0 Å². The van der Waals surface area contributed by atoms with E-state index in [1.807, 2.05) is 37.3 Å². The summed E-state index contributed by atoms with van der Waals surface area (Å²) in [6.45, 7) is 3.79. The Bertz CT molecular complexity index is 1530. The zero-order valence-corrected chi connectivity index (χ0v) is 21.0. The number of hydrogen-bond acceptors (Lipinski definition) is 4. The molecule has 1 aliphatic heterocycles. The van der Waals surface area contributed by atoms with E-state index in [0.29, 0.717) is 22.6 Å². The van der Waals surface area contributed by atoms with E-state index < -0.39 is 35.4 Å². The van der Waals surface area contributed by atoms with Gasteiger partial charge in [-0.3, -0.25) is 4.79 Å². The van der Waals surface area contributed by atoms with Crippen LogP contribution in [0.3, 0.4) is 0 Å². The van der Waals surface area contributed by atoms with E-state index in [1.165, 1.54) is 24.3 Å². The highest BCUT2D eigenvalue weighted by Gasteiger charge is 2.41. The van der Waals surface area contributed by atoms with Gasteiger partial charge in [-0.2, -0.15) is 23.3 Å². The van der Waals surface area contributed by atoms with Gasteiger partial charge in [-0.1, -0.05) is 36.4 Å². The van der Waals surface area contributed by atoms with Gasteiger partial charge in [0.15, 0.2) is 5.82 Å². The van der Waals surface area contributed by atoms with Crippen molar-refractivity contribution >= 4 is 17.6 Å². The summed E-state index contributed by atoms with van der Waals surface area (Å²) in [7, 11) is 0. The highest BCUT2D eigenvalue weighted by molar-refractivity contribution is 5.99. The van der Waals surface area contributed by atoms with Crippen molar-refractivity contribution in [1.29, 1.82) is 0 Å². The fourth-order valence-electron chi connectivity index (χ4n) is 4.74. The quantitative estimate of drug-likeness (QED) is 0.302. The molecule has 0 saturated carbocycles. The maximum absolute atomic E-state index is 13.9. The molecule has 6 nitrogen and oxygen atoms in total. The number of aliphatic imine (C=N–C) groups is 1. The van der Waals surface area contributed by atoms with Crippen molar-refractivity contribution in [3.8, 4) is 5.69 Å². The molecule has 0 spiro atoms. The SMILES string of the molecule is CCOC1=Nc2c(c(C)nn2-c2ccccc2)[C@H](c2ccc(F)cc2)[C@@H]1NC(=O)c1cccc(C(F)(F)F)c1. The Morgan fingerprint density at radius 2 is 1.74 bits per heavy atom. The van der Waals surface area contributed by atoms with Gasteiger partial charge in [-0.05, 0) is 61.9 Å². The summed E-state index contributed by atoms with van der Waals surface area (Å²) in [4.78, 5) is 18.1. The molecule has 10 heteroatoms. The van der Waals surface area contributed by atoms with Gasteiger partial charge in [-0.15, -0.1) is 0 Å². The number of aromatic nitrogens is 2. The number of nitrogens with one attached hydrogen (secondary N) is 1. The summed E-state index contributed by atoms with van der Waals surface area (Å²) in [6.07, 6.45) is -4.60. The third-order valence-corrected chi connectivity index (χ3v) is 6.47. The number of benzene rings is 3. The lowest BCUT2D eigenvalue weighted by Crippen LogP contribution is -2.47. The number of halogens is 4. The fraction of sp³-hybridized carbons (Fsp3) is 0.207. The van der Waals surface area contributed by atoms with Gasteiger partial charge in [-0.25, -0.2) is 9.07 Å². The minimum atomic E-state index is -4.60. The van der Waals surface area contributed by atoms with E-state index in [-0.39, 0.29) is 18.1 Å². The van der Waals surface area contributed by atoms with Crippen molar-refractivity contribution in [3.05, 3.63) is 113 Å². The number of fused-ring (bicyclic) bond motifs is 1. The van der Waals surface area contributed by atoms with E-state index >= 15 is 0 Å². The summed E-state index contributed by atoms with van der Waals surface area (Å²) in [5, 5.41) is 7.54. The molecular weight excluding hydrogens is 512 g/mol. The Kier molecular flexibility index (Phi) is 6.94. The predicted molar refractivity (Wildman–Crippen MR) is 138 cm³/mol. The van der Waals surface area contributed by atoms with Crippen LogP contribution in [0.4, 0.5) is 23.4 Å². The fourth-order valence-corrected chi connectivity index (χ4v) is 4.74. The third kappa shape index (κ3) is 5.14. The number of rotatable bonds is 5. The standard InChI is InChI=1S/C29H24F4N4O2/c1-3-39-28-25(34-27(38)19-8-7-9-20(16-19)29(31,32)33)24(18-12-14-21(30)15-13-18)23-17(2)36-37(26(23)35-28)22-10-5-4-6-11-22/h4-16,24-25H,3H2,1-2H3,(H,34,38)/t24-,25-/m0/s1. The Labute approximate surface area is 222 Å². The van der Waals surface area contributed by atoms with Gasteiger partial charge in [0.2, 0.25) is 5.90 Å². The van der Waals surface area contributed by atoms with Crippen LogP contribution in [0.2, 0.25) is 0 Å². The number of nitrogens with zero attached hydrogens (tertiary/aromatic N) is 3. The van der Waals surface area contributed by atoms with Crippen LogP contribution in [0, 0.1) is 12.7 Å². The highest BCUT2D eigenvalue weighted by Crippen LogP contribution is 2.42. The molecule has 39 heavy (non-hydrogen) atoms. The summed E-state index contributed by atoms with van der Waals surface area (Å²) >= 11 is 0. The lowest BCUT2D eigenvalue weighted by atomic mass is 9.82. The maximum Gasteiger partial charge on any atom is 0.416 e. The molecule has 1 N–H and O–H groups in total. The number of carbonyl (C=O) groups excluding carboxylic acids is 1. The second-order valence-corrected chi connectivity index (χ2v) is 9.01. The first kappa shape index (κ1) is 26.1. The summed E-state index contributed by atoms with van der Waals surface area (Å²) in [5.74, 6) is -1.14. The average Bonchev–Trinajstić information content (AvgIpc) is 3.25. The van der Waals surface area contributed by atoms with Gasteiger partial charge in [0.05, 0.1) is 23.6 Å². The molecule has 1 aromatic heterocycles. The summed E-state index contributed by atoms with van der Waals surface area (Å²) in [5.41, 5.74) is 1.61. The van der Waals surface area contributed by atoms with Crippen molar-refractivity contribution in [3.63, 3.8) is 0 Å². The Hall–Kier alpha value is -4.47. The molecule has 0 unspecified atom stereocenters. The second-order valence-electron chi connectivity index (χ2n) is 9.01. The third-order valence-electron chi connectivity index (χ3n) is 6.47. The molecule has 0 bridgehead atoms. The molecule has 0 fully saturated rings. The van der Waals surface area contributed by atoms with Crippen molar-refractivity contribution in [2.24, 2.45) is 4.99 Å². The van der Waals surface area contributed by atoms with Crippen molar-refractivity contribution in [1.82, 2.24) is 15.1 Å². The highest BCUT2D eigenvalue weighted by atomic mass is 19.4. The molecule has 5 rings (SSSR count). The first-order chi connectivity index (χ1) is 18.7. The van der Waals surface area contributed by atoms with Crippen LogP contribution in [0.1, 0.15) is 45.6 Å². The van der Waals surface area contributed by atoms with E-state index in [4.69, 9.17) is 14.8 Å². The molecule has 0 aliphatic carbocycles. The molecule has 1 amide bonds. The number of para-hydroxylation sites is 1. The normalized spacial score (nSPS) is 16.8. The van der Waals surface area contributed by atoms with Gasteiger partial charge in [0.1, 0.15) is 11.9 Å². The van der Waals surface area contributed by atoms with Crippen LogP contribution in [0.5, 0.6) is 0 Å². The average molecular weight is 537 g/mol. The van der Waals surface area contributed by atoms with Gasteiger partial charge >= 0.3 is 6.18 Å². The first-order valence-corrected chi connectivity index (χ1v) is 12.3. The minimum absolute atomic E-state index is 0.164. The number of carbonyl (C=O) groups is 1. The molecule has 4 aromatic rings.